The lowest BCUT2D eigenvalue weighted by atomic mass is 9.88. The summed E-state index contributed by atoms with van der Waals surface area (Å²) in [6.45, 7) is 5.31. The van der Waals surface area contributed by atoms with E-state index < -0.39 is 29.1 Å². The summed E-state index contributed by atoms with van der Waals surface area (Å²) in [6.07, 6.45) is 0.780. The second-order valence-corrected chi connectivity index (χ2v) is 7.20. The molecule has 1 atom stereocenters. The van der Waals surface area contributed by atoms with Gasteiger partial charge in [-0.15, -0.1) is 0 Å². The second kappa shape index (κ2) is 6.02. The number of anilines is 1. The van der Waals surface area contributed by atoms with Gasteiger partial charge in [-0.1, -0.05) is 17.7 Å². The number of halogens is 1. The summed E-state index contributed by atoms with van der Waals surface area (Å²) < 4.78 is 5.17. The van der Waals surface area contributed by atoms with E-state index in [4.69, 9.17) is 27.2 Å². The van der Waals surface area contributed by atoms with E-state index in [0.717, 1.165) is 0 Å². The van der Waals surface area contributed by atoms with Gasteiger partial charge in [0.15, 0.2) is 0 Å². The standard InChI is InChI=1S/C16H21ClN2O4/c1-15(2,3)23-14(22)19-9-4-5-10(11(17)8-9)16(6-7-16)12(18)13(20)21/h4-5,8,12H,6-7,18H2,1-3H3,(H,19,22)(H,20,21). The summed E-state index contributed by atoms with van der Waals surface area (Å²) in [5.41, 5.74) is 5.76. The lowest BCUT2D eigenvalue weighted by Gasteiger charge is -2.22. The van der Waals surface area contributed by atoms with Crippen LogP contribution in [-0.4, -0.2) is 28.8 Å². The van der Waals surface area contributed by atoms with Gasteiger partial charge in [0.2, 0.25) is 0 Å². The van der Waals surface area contributed by atoms with Crippen LogP contribution in [0.15, 0.2) is 18.2 Å². The van der Waals surface area contributed by atoms with Crippen molar-refractivity contribution in [2.45, 2.75) is 50.7 Å². The molecule has 6 nitrogen and oxygen atoms in total. The summed E-state index contributed by atoms with van der Waals surface area (Å²) in [7, 11) is 0. The molecular weight excluding hydrogens is 320 g/mol. The molecule has 1 aromatic rings. The van der Waals surface area contributed by atoms with Crippen LogP contribution in [0, 0.1) is 0 Å². The Hall–Kier alpha value is -1.79. The molecule has 0 aromatic heterocycles. The fraction of sp³-hybridized carbons (Fsp3) is 0.500. The van der Waals surface area contributed by atoms with Gasteiger partial charge in [0.1, 0.15) is 11.6 Å². The molecule has 7 heteroatoms. The van der Waals surface area contributed by atoms with E-state index in [1.165, 1.54) is 0 Å². The fourth-order valence-corrected chi connectivity index (χ4v) is 2.91. The quantitative estimate of drug-likeness (QED) is 0.781. The minimum Gasteiger partial charge on any atom is -0.480 e. The average molecular weight is 341 g/mol. The Labute approximate surface area is 139 Å². The fourth-order valence-electron chi connectivity index (χ4n) is 2.54. The highest BCUT2D eigenvalue weighted by molar-refractivity contribution is 6.32. The van der Waals surface area contributed by atoms with Crippen molar-refractivity contribution in [2.75, 3.05) is 5.32 Å². The molecule has 0 radical (unpaired) electrons. The minimum atomic E-state index is -1.05. The molecule has 0 saturated heterocycles. The predicted octanol–water partition coefficient (Wildman–Crippen LogP) is 3.13. The van der Waals surface area contributed by atoms with Gasteiger partial charge in [-0.25, -0.2) is 4.79 Å². The molecule has 0 bridgehead atoms. The first-order valence-electron chi connectivity index (χ1n) is 7.33. The number of carbonyl (C=O) groups is 2. The van der Waals surface area contributed by atoms with E-state index in [0.29, 0.717) is 29.1 Å². The predicted molar refractivity (Wildman–Crippen MR) is 87.8 cm³/mol. The van der Waals surface area contributed by atoms with Gasteiger partial charge in [-0.3, -0.25) is 10.1 Å². The zero-order chi connectivity index (χ0) is 17.4. The Balaban J connectivity index is 2.16. The van der Waals surface area contributed by atoms with Gasteiger partial charge in [0.25, 0.3) is 0 Å². The Kier molecular flexibility index (Phi) is 4.59. The van der Waals surface area contributed by atoms with Crippen molar-refractivity contribution in [1.82, 2.24) is 0 Å². The first-order chi connectivity index (χ1) is 10.5. The number of hydrogen-bond acceptors (Lipinski definition) is 4. The smallest absolute Gasteiger partial charge is 0.412 e. The molecule has 126 valence electrons. The molecule has 1 aliphatic rings. The number of aliphatic carboxylic acids is 1. The second-order valence-electron chi connectivity index (χ2n) is 6.79. The van der Waals surface area contributed by atoms with E-state index in [1.54, 1.807) is 39.0 Å². The lowest BCUT2D eigenvalue weighted by Crippen LogP contribution is -2.42. The van der Waals surface area contributed by atoms with E-state index in [2.05, 4.69) is 5.32 Å². The number of hydrogen-bond donors (Lipinski definition) is 3. The molecule has 1 aromatic carbocycles. The van der Waals surface area contributed by atoms with Crippen LogP contribution in [0.4, 0.5) is 10.5 Å². The number of carboxylic acid groups (broad SMARTS) is 1. The van der Waals surface area contributed by atoms with Crippen molar-refractivity contribution in [2.24, 2.45) is 5.73 Å². The van der Waals surface area contributed by atoms with Crippen LogP contribution in [-0.2, 0) is 14.9 Å². The number of rotatable bonds is 4. The summed E-state index contributed by atoms with van der Waals surface area (Å²) >= 11 is 6.28. The molecule has 0 heterocycles. The van der Waals surface area contributed by atoms with Crippen LogP contribution in [0.2, 0.25) is 5.02 Å². The SMILES string of the molecule is CC(C)(C)OC(=O)Nc1ccc(C2(C(N)C(=O)O)CC2)c(Cl)c1. The van der Waals surface area contributed by atoms with Crippen molar-refractivity contribution in [3.8, 4) is 0 Å². The van der Waals surface area contributed by atoms with Crippen LogP contribution < -0.4 is 11.1 Å². The Morgan fingerprint density at radius 1 is 1.39 bits per heavy atom. The number of nitrogens with two attached hydrogens (primary N) is 1. The van der Waals surface area contributed by atoms with Crippen molar-refractivity contribution >= 4 is 29.4 Å². The van der Waals surface area contributed by atoms with E-state index in [9.17, 15) is 9.59 Å². The number of carbonyl (C=O) groups excluding carboxylic acids is 1. The molecule has 1 aliphatic carbocycles. The van der Waals surface area contributed by atoms with E-state index in [1.807, 2.05) is 0 Å². The molecule has 2 rings (SSSR count). The van der Waals surface area contributed by atoms with Gasteiger partial charge >= 0.3 is 12.1 Å². The van der Waals surface area contributed by atoms with Crippen molar-refractivity contribution in [3.63, 3.8) is 0 Å². The third-order valence-corrected chi connectivity index (χ3v) is 4.11. The Morgan fingerprint density at radius 2 is 2.00 bits per heavy atom. The van der Waals surface area contributed by atoms with Gasteiger partial charge in [-0.2, -0.15) is 0 Å². The van der Waals surface area contributed by atoms with Crippen LogP contribution in [0.3, 0.4) is 0 Å². The molecule has 0 aliphatic heterocycles. The van der Waals surface area contributed by atoms with Crippen molar-refractivity contribution in [1.29, 1.82) is 0 Å². The summed E-state index contributed by atoms with van der Waals surface area (Å²) in [5.74, 6) is -1.05. The molecule has 4 N–H and O–H groups in total. The molecule has 1 fully saturated rings. The number of amides is 1. The minimum absolute atomic E-state index is 0.382. The highest BCUT2D eigenvalue weighted by Crippen LogP contribution is 2.52. The van der Waals surface area contributed by atoms with Crippen LogP contribution in [0.5, 0.6) is 0 Å². The average Bonchev–Trinajstić information content (AvgIpc) is 3.16. The topological polar surface area (TPSA) is 102 Å². The highest BCUT2D eigenvalue weighted by Gasteiger charge is 2.53. The molecule has 1 unspecified atom stereocenters. The molecule has 23 heavy (non-hydrogen) atoms. The van der Waals surface area contributed by atoms with Crippen LogP contribution in [0.25, 0.3) is 0 Å². The Bertz CT molecular complexity index is 635. The summed E-state index contributed by atoms with van der Waals surface area (Å²) in [4.78, 5) is 22.9. The molecular formula is C16H21ClN2O4. The van der Waals surface area contributed by atoms with Gasteiger partial charge < -0.3 is 15.6 Å². The molecule has 0 spiro atoms. The maximum absolute atomic E-state index is 11.8. The van der Waals surface area contributed by atoms with E-state index in [-0.39, 0.29) is 0 Å². The normalized spacial score (nSPS) is 17.3. The van der Waals surface area contributed by atoms with Crippen LogP contribution >= 0.6 is 11.6 Å². The first kappa shape index (κ1) is 17.6. The zero-order valence-electron chi connectivity index (χ0n) is 13.4. The zero-order valence-corrected chi connectivity index (χ0v) is 14.1. The molecule has 1 saturated carbocycles. The number of benzene rings is 1. The highest BCUT2D eigenvalue weighted by atomic mass is 35.5. The summed E-state index contributed by atoms with van der Waals surface area (Å²) in [6, 6.07) is 3.96. The molecule has 1 amide bonds. The van der Waals surface area contributed by atoms with Crippen LogP contribution in [0.1, 0.15) is 39.2 Å². The lowest BCUT2D eigenvalue weighted by molar-refractivity contribution is -0.139. The van der Waals surface area contributed by atoms with Gasteiger partial charge in [0.05, 0.1) is 0 Å². The first-order valence-corrected chi connectivity index (χ1v) is 7.71. The van der Waals surface area contributed by atoms with Crippen molar-refractivity contribution in [3.05, 3.63) is 28.8 Å². The number of nitrogens with one attached hydrogen (secondary N) is 1. The maximum Gasteiger partial charge on any atom is 0.412 e. The maximum atomic E-state index is 11.8. The Morgan fingerprint density at radius 3 is 2.43 bits per heavy atom. The third kappa shape index (κ3) is 3.95. The largest absolute Gasteiger partial charge is 0.480 e. The summed E-state index contributed by atoms with van der Waals surface area (Å²) in [5, 5.41) is 12.1. The third-order valence-electron chi connectivity index (χ3n) is 3.80. The van der Waals surface area contributed by atoms with Crippen molar-refractivity contribution < 1.29 is 19.4 Å². The van der Waals surface area contributed by atoms with Gasteiger partial charge in [-0.05, 0) is 51.3 Å². The van der Waals surface area contributed by atoms with Gasteiger partial charge in [0, 0.05) is 16.1 Å². The number of carboxylic acids is 1. The monoisotopic (exact) mass is 340 g/mol. The van der Waals surface area contributed by atoms with E-state index >= 15 is 0 Å². The number of ether oxygens (including phenoxy) is 1.